The molecule has 1 aromatic rings. The Kier molecular flexibility index (Phi) is 4.81. The minimum atomic E-state index is -0.811. The number of hydrogen-bond acceptors (Lipinski definition) is 7. The Bertz CT molecular complexity index is 915. The lowest BCUT2D eigenvalue weighted by molar-refractivity contribution is -0.151. The number of thioether (sulfide) groups is 1. The van der Waals surface area contributed by atoms with E-state index >= 15 is 0 Å². The highest BCUT2D eigenvalue weighted by Crippen LogP contribution is 2.33. The number of benzene rings is 1. The van der Waals surface area contributed by atoms with Gasteiger partial charge in [-0.05, 0) is 32.9 Å². The van der Waals surface area contributed by atoms with Gasteiger partial charge >= 0.3 is 5.97 Å². The maximum absolute atomic E-state index is 12.9. The van der Waals surface area contributed by atoms with Gasteiger partial charge in [0.15, 0.2) is 5.70 Å². The molecule has 2 aliphatic rings. The fourth-order valence-electron chi connectivity index (χ4n) is 2.59. The maximum Gasteiger partial charge on any atom is 0.358 e. The number of esters is 1. The van der Waals surface area contributed by atoms with Crippen molar-refractivity contribution in [2.24, 2.45) is 0 Å². The third kappa shape index (κ3) is 3.59. The molecule has 27 heavy (non-hydrogen) atoms. The molecule has 0 radical (unpaired) electrons. The summed E-state index contributed by atoms with van der Waals surface area (Å²) in [5, 5.41) is 12.1. The Balaban J connectivity index is 2.08. The van der Waals surface area contributed by atoms with E-state index in [1.165, 1.54) is 6.20 Å². The number of imide groups is 1. The zero-order valence-corrected chi connectivity index (χ0v) is 15.8. The molecular formula is C19H17N3O4S. The smallest absolute Gasteiger partial charge is 0.358 e. The van der Waals surface area contributed by atoms with E-state index < -0.39 is 23.4 Å². The molecule has 0 bridgehead atoms. The van der Waals surface area contributed by atoms with Crippen LogP contribution in [0.2, 0.25) is 0 Å². The van der Waals surface area contributed by atoms with E-state index in [0.29, 0.717) is 11.3 Å². The van der Waals surface area contributed by atoms with E-state index in [9.17, 15) is 14.4 Å². The van der Waals surface area contributed by atoms with Crippen LogP contribution in [0.3, 0.4) is 0 Å². The van der Waals surface area contributed by atoms with Gasteiger partial charge < -0.3 is 10.1 Å². The number of rotatable bonds is 2. The first-order valence-electron chi connectivity index (χ1n) is 8.17. The minimum Gasteiger partial charge on any atom is -0.455 e. The van der Waals surface area contributed by atoms with Crippen molar-refractivity contribution in [2.75, 3.05) is 5.75 Å². The van der Waals surface area contributed by atoms with Crippen molar-refractivity contribution in [3.8, 4) is 6.07 Å². The summed E-state index contributed by atoms with van der Waals surface area (Å²) < 4.78 is 5.43. The van der Waals surface area contributed by atoms with Gasteiger partial charge in [-0.1, -0.05) is 12.1 Å². The molecule has 8 heteroatoms. The highest BCUT2D eigenvalue weighted by Gasteiger charge is 2.43. The fraction of sp³-hybridized carbons (Fsp3) is 0.263. The lowest BCUT2D eigenvalue weighted by atomic mass is 10.1. The molecule has 1 N–H and O–H groups in total. The van der Waals surface area contributed by atoms with E-state index in [0.717, 1.165) is 16.7 Å². The average Bonchev–Trinajstić information content (AvgIpc) is 2.87. The van der Waals surface area contributed by atoms with Crippen LogP contribution in [0.5, 0.6) is 0 Å². The Hall–Kier alpha value is -3.05. The van der Waals surface area contributed by atoms with E-state index in [2.05, 4.69) is 5.32 Å². The van der Waals surface area contributed by atoms with E-state index in [4.69, 9.17) is 10.00 Å². The van der Waals surface area contributed by atoms with Gasteiger partial charge in [-0.25, -0.2) is 9.69 Å². The highest BCUT2D eigenvalue weighted by molar-refractivity contribution is 8.03. The Labute approximate surface area is 160 Å². The average molecular weight is 383 g/mol. The molecular weight excluding hydrogens is 366 g/mol. The van der Waals surface area contributed by atoms with E-state index in [1.807, 2.05) is 6.07 Å². The number of nitrogens with one attached hydrogen (secondary N) is 1. The quantitative estimate of drug-likeness (QED) is 0.476. The molecule has 2 aliphatic heterocycles. The number of fused-ring (bicyclic) bond motifs is 1. The summed E-state index contributed by atoms with van der Waals surface area (Å²) in [4.78, 5) is 39.4. The lowest BCUT2D eigenvalue weighted by Gasteiger charge is -2.26. The number of nitrogens with zero attached hydrogens (tertiary/aromatic N) is 2. The van der Waals surface area contributed by atoms with Crippen molar-refractivity contribution < 1.29 is 19.1 Å². The van der Waals surface area contributed by atoms with Gasteiger partial charge in [0.1, 0.15) is 10.6 Å². The van der Waals surface area contributed by atoms with Crippen molar-refractivity contribution in [3.05, 3.63) is 57.9 Å². The largest absolute Gasteiger partial charge is 0.455 e. The Morgan fingerprint density at radius 2 is 1.81 bits per heavy atom. The molecule has 0 saturated carbocycles. The van der Waals surface area contributed by atoms with Gasteiger partial charge in [0, 0.05) is 12.0 Å². The van der Waals surface area contributed by atoms with Gasteiger partial charge in [-0.2, -0.15) is 5.26 Å². The van der Waals surface area contributed by atoms with Gasteiger partial charge in [-0.3, -0.25) is 9.59 Å². The van der Waals surface area contributed by atoms with Crippen LogP contribution in [0.1, 0.15) is 41.5 Å². The summed E-state index contributed by atoms with van der Waals surface area (Å²) in [7, 11) is 0. The summed E-state index contributed by atoms with van der Waals surface area (Å²) in [5.41, 5.74) is -0.0328. The molecule has 0 aromatic heterocycles. The van der Waals surface area contributed by atoms with E-state index in [1.54, 1.807) is 45.0 Å². The first-order valence-corrected chi connectivity index (χ1v) is 9.15. The molecule has 1 aromatic carbocycles. The molecule has 0 atom stereocenters. The van der Waals surface area contributed by atoms with Crippen LogP contribution in [0.4, 0.5) is 0 Å². The third-order valence-corrected chi connectivity index (χ3v) is 4.77. The molecule has 2 amide bonds. The van der Waals surface area contributed by atoms with Crippen LogP contribution < -0.4 is 5.32 Å². The van der Waals surface area contributed by atoms with Gasteiger partial charge in [-0.15, -0.1) is 11.8 Å². The summed E-state index contributed by atoms with van der Waals surface area (Å²) >= 11 is 1.16. The van der Waals surface area contributed by atoms with E-state index in [-0.39, 0.29) is 21.9 Å². The molecule has 3 rings (SSSR count). The molecule has 0 saturated heterocycles. The van der Waals surface area contributed by atoms with Crippen LogP contribution in [0, 0.1) is 11.3 Å². The Morgan fingerprint density at radius 1 is 1.22 bits per heavy atom. The summed E-state index contributed by atoms with van der Waals surface area (Å²) in [6, 6.07) is 8.42. The summed E-state index contributed by atoms with van der Waals surface area (Å²) in [5.74, 6) is -1.64. The second kappa shape index (κ2) is 6.93. The number of hydrogen-bond donors (Lipinski definition) is 1. The SMILES string of the molecule is CC(C)(C)OC(=O)/C(=C1\NC=C(C#N)CS1)N1C(=O)c2ccccc2C1=O. The van der Waals surface area contributed by atoms with Crippen LogP contribution >= 0.6 is 11.8 Å². The lowest BCUT2D eigenvalue weighted by Crippen LogP contribution is -2.38. The first kappa shape index (κ1) is 18.7. The maximum atomic E-state index is 12.9. The molecule has 0 fully saturated rings. The van der Waals surface area contributed by atoms with Crippen LogP contribution in [-0.4, -0.2) is 34.0 Å². The second-order valence-corrected chi connectivity index (χ2v) is 7.87. The van der Waals surface area contributed by atoms with Crippen molar-refractivity contribution in [2.45, 2.75) is 26.4 Å². The highest BCUT2D eigenvalue weighted by atomic mass is 32.2. The van der Waals surface area contributed by atoms with Gasteiger partial charge in [0.2, 0.25) is 0 Å². The number of nitriles is 1. The molecule has 0 unspecified atom stereocenters. The zero-order chi connectivity index (χ0) is 19.8. The molecule has 7 nitrogen and oxygen atoms in total. The predicted molar refractivity (Wildman–Crippen MR) is 99.1 cm³/mol. The summed E-state index contributed by atoms with van der Waals surface area (Å²) in [6.45, 7) is 5.10. The van der Waals surface area contributed by atoms with Crippen molar-refractivity contribution in [1.29, 1.82) is 5.26 Å². The number of amides is 2. The zero-order valence-electron chi connectivity index (χ0n) is 15.0. The van der Waals surface area contributed by atoms with Crippen LogP contribution in [-0.2, 0) is 9.53 Å². The molecule has 0 spiro atoms. The van der Waals surface area contributed by atoms with Crippen molar-refractivity contribution in [3.63, 3.8) is 0 Å². The number of carbonyl (C=O) groups is 3. The predicted octanol–water partition coefficient (Wildman–Crippen LogP) is 2.54. The van der Waals surface area contributed by atoms with Crippen LogP contribution in [0.25, 0.3) is 0 Å². The number of carbonyl (C=O) groups excluding carboxylic acids is 3. The van der Waals surface area contributed by atoms with Crippen molar-refractivity contribution in [1.82, 2.24) is 10.2 Å². The van der Waals surface area contributed by atoms with Gasteiger partial charge in [0.05, 0.1) is 22.8 Å². The first-order chi connectivity index (χ1) is 12.7. The molecule has 0 aliphatic carbocycles. The fourth-order valence-corrected chi connectivity index (χ4v) is 3.49. The number of ether oxygens (including phenoxy) is 1. The molecule has 2 heterocycles. The standard InChI is InChI=1S/C19H17N3O4S/c1-19(2,3)26-18(25)14(15-21-9-11(8-20)10-27-15)22-16(23)12-6-4-5-7-13(12)17(22)24/h4-7,9,21H,10H2,1-3H3/b15-14-. The van der Waals surface area contributed by atoms with Gasteiger partial charge in [0.25, 0.3) is 11.8 Å². The van der Waals surface area contributed by atoms with Crippen molar-refractivity contribution >= 4 is 29.5 Å². The summed E-state index contributed by atoms with van der Waals surface area (Å²) in [6.07, 6.45) is 1.45. The molecule has 138 valence electrons. The Morgan fingerprint density at radius 3 is 2.26 bits per heavy atom. The normalized spacial score (nSPS) is 18.3. The monoisotopic (exact) mass is 383 g/mol. The van der Waals surface area contributed by atoms with Crippen LogP contribution in [0.15, 0.2) is 46.8 Å². The minimum absolute atomic E-state index is 0.172. The topological polar surface area (TPSA) is 99.5 Å². The second-order valence-electron chi connectivity index (χ2n) is 6.89. The third-order valence-electron chi connectivity index (χ3n) is 3.72.